The Morgan fingerprint density at radius 2 is 1.70 bits per heavy atom. The molecule has 0 spiro atoms. The second kappa shape index (κ2) is 8.53. The lowest BCUT2D eigenvalue weighted by molar-refractivity contribution is -0.137. The molecule has 0 unspecified atom stereocenters. The van der Waals surface area contributed by atoms with Crippen LogP contribution in [0.15, 0.2) is 54.6 Å². The highest BCUT2D eigenvalue weighted by Crippen LogP contribution is 2.33. The molecule has 2 aromatic carbocycles. The van der Waals surface area contributed by atoms with E-state index in [-0.39, 0.29) is 22.8 Å². The molecule has 0 heterocycles. The molecule has 0 aliphatic heterocycles. The monoisotopic (exact) mass is 328 g/mol. The molecule has 0 fully saturated rings. The lowest BCUT2D eigenvalue weighted by Crippen LogP contribution is -2.09. The summed E-state index contributed by atoms with van der Waals surface area (Å²) < 4.78 is 4.69. The number of hydrogen-bond acceptors (Lipinski definition) is 4. The van der Waals surface area contributed by atoms with Crippen LogP contribution in [0, 0.1) is 6.92 Å². The van der Waals surface area contributed by atoms with Gasteiger partial charge in [0.2, 0.25) is 0 Å². The first-order chi connectivity index (χ1) is 11.1. The van der Waals surface area contributed by atoms with Crippen molar-refractivity contribution in [2.24, 2.45) is 0 Å². The van der Waals surface area contributed by atoms with Crippen LogP contribution in [0.2, 0.25) is 0 Å². The maximum atomic E-state index is 12.5. The molecule has 120 valence electrons. The van der Waals surface area contributed by atoms with Crippen molar-refractivity contribution in [2.75, 3.05) is 12.9 Å². The third-order valence-electron chi connectivity index (χ3n) is 3.55. The van der Waals surface area contributed by atoms with E-state index in [1.165, 1.54) is 18.9 Å². The molecule has 2 aromatic rings. The molecule has 0 N–H and O–H groups in total. The summed E-state index contributed by atoms with van der Waals surface area (Å²) in [5, 5.41) is -0.0656. The van der Waals surface area contributed by atoms with Crippen LogP contribution < -0.4 is 0 Å². The number of esters is 1. The van der Waals surface area contributed by atoms with Gasteiger partial charge in [-0.3, -0.25) is 9.59 Å². The standard InChI is InChI=1S/C19H20O3S/c1-14-8-10-15(11-9-14)17(20)12-18(23-13-19(21)22-2)16-6-4-3-5-7-16/h3-11,18H,12-13H2,1-2H3/t18-/m0/s1. The largest absolute Gasteiger partial charge is 0.468 e. The Kier molecular flexibility index (Phi) is 6.41. The van der Waals surface area contributed by atoms with Crippen molar-refractivity contribution >= 4 is 23.5 Å². The molecule has 0 bridgehead atoms. The molecular formula is C19H20O3S. The number of ketones is 1. The highest BCUT2D eigenvalue weighted by molar-refractivity contribution is 8.00. The van der Waals surface area contributed by atoms with Crippen molar-refractivity contribution in [1.29, 1.82) is 0 Å². The lowest BCUT2D eigenvalue weighted by atomic mass is 10.0. The fourth-order valence-electron chi connectivity index (χ4n) is 2.19. The van der Waals surface area contributed by atoms with Crippen LogP contribution >= 0.6 is 11.8 Å². The summed E-state index contributed by atoms with van der Waals surface area (Å²) in [7, 11) is 1.37. The minimum absolute atomic E-state index is 0.0656. The Labute approximate surface area is 141 Å². The van der Waals surface area contributed by atoms with Gasteiger partial charge in [0.25, 0.3) is 0 Å². The van der Waals surface area contributed by atoms with E-state index in [9.17, 15) is 9.59 Å². The molecule has 3 nitrogen and oxygen atoms in total. The molecule has 0 saturated carbocycles. The zero-order valence-corrected chi connectivity index (χ0v) is 14.1. The van der Waals surface area contributed by atoms with Gasteiger partial charge in [0, 0.05) is 17.2 Å². The number of hydrogen-bond donors (Lipinski definition) is 0. The van der Waals surface area contributed by atoms with Crippen molar-refractivity contribution in [3.8, 4) is 0 Å². The summed E-state index contributed by atoms with van der Waals surface area (Å²) in [5.74, 6) is 0.0342. The van der Waals surface area contributed by atoms with E-state index in [4.69, 9.17) is 4.74 Å². The first kappa shape index (κ1) is 17.3. The maximum absolute atomic E-state index is 12.5. The van der Waals surface area contributed by atoms with Gasteiger partial charge >= 0.3 is 5.97 Å². The summed E-state index contributed by atoms with van der Waals surface area (Å²) in [6.07, 6.45) is 0.356. The van der Waals surface area contributed by atoms with E-state index in [0.717, 1.165) is 11.1 Å². The molecule has 0 aliphatic carbocycles. The number of methoxy groups -OCH3 is 1. The number of Topliss-reactive ketones (excluding diaryl/α,β-unsaturated/α-hetero) is 1. The van der Waals surface area contributed by atoms with Gasteiger partial charge in [0.1, 0.15) is 0 Å². The minimum atomic E-state index is -0.279. The number of rotatable bonds is 7. The van der Waals surface area contributed by atoms with Crippen molar-refractivity contribution < 1.29 is 14.3 Å². The number of carbonyl (C=O) groups is 2. The molecule has 2 rings (SSSR count). The molecule has 4 heteroatoms. The predicted octanol–water partition coefficient (Wildman–Crippen LogP) is 4.22. The average molecular weight is 328 g/mol. The van der Waals surface area contributed by atoms with E-state index in [1.54, 1.807) is 0 Å². The Hall–Kier alpha value is -2.07. The van der Waals surface area contributed by atoms with Gasteiger partial charge in [-0.1, -0.05) is 60.2 Å². The van der Waals surface area contributed by atoms with Gasteiger partial charge < -0.3 is 4.74 Å². The van der Waals surface area contributed by atoms with Crippen molar-refractivity contribution in [3.05, 3.63) is 71.3 Å². The number of carbonyl (C=O) groups excluding carboxylic acids is 2. The van der Waals surface area contributed by atoms with Gasteiger partial charge in [0.05, 0.1) is 12.9 Å². The molecule has 0 amide bonds. The van der Waals surface area contributed by atoms with E-state index < -0.39 is 0 Å². The van der Waals surface area contributed by atoms with Crippen LogP contribution in [-0.4, -0.2) is 24.6 Å². The summed E-state index contributed by atoms with van der Waals surface area (Å²) in [6.45, 7) is 1.99. The highest BCUT2D eigenvalue weighted by Gasteiger charge is 2.19. The third-order valence-corrected chi connectivity index (χ3v) is 4.79. The summed E-state index contributed by atoms with van der Waals surface area (Å²) in [6, 6.07) is 17.4. The fourth-order valence-corrected chi connectivity index (χ4v) is 3.27. The Bertz CT molecular complexity index is 650. The van der Waals surface area contributed by atoms with Crippen molar-refractivity contribution in [3.63, 3.8) is 0 Å². The molecule has 0 radical (unpaired) electrons. The summed E-state index contributed by atoms with van der Waals surface area (Å²) in [5.41, 5.74) is 2.87. The van der Waals surface area contributed by atoms with Crippen LogP contribution in [0.4, 0.5) is 0 Å². The molecule has 0 saturated heterocycles. The van der Waals surface area contributed by atoms with Crippen LogP contribution in [0.1, 0.15) is 33.2 Å². The normalized spacial score (nSPS) is 11.7. The summed E-state index contributed by atoms with van der Waals surface area (Å²) >= 11 is 1.44. The van der Waals surface area contributed by atoms with Gasteiger partial charge in [0.15, 0.2) is 5.78 Å². The Morgan fingerprint density at radius 1 is 1.04 bits per heavy atom. The van der Waals surface area contributed by atoms with Crippen LogP contribution in [0.3, 0.4) is 0 Å². The lowest BCUT2D eigenvalue weighted by Gasteiger charge is -2.16. The van der Waals surface area contributed by atoms with Crippen molar-refractivity contribution in [2.45, 2.75) is 18.6 Å². The number of benzene rings is 2. The highest BCUT2D eigenvalue weighted by atomic mass is 32.2. The Balaban J connectivity index is 2.11. The smallest absolute Gasteiger partial charge is 0.315 e. The second-order valence-corrected chi connectivity index (χ2v) is 6.47. The number of thioether (sulfide) groups is 1. The third kappa shape index (κ3) is 5.25. The number of aryl methyl sites for hydroxylation is 1. The Morgan fingerprint density at radius 3 is 2.30 bits per heavy atom. The van der Waals surface area contributed by atoms with E-state index in [2.05, 4.69) is 0 Å². The first-order valence-corrected chi connectivity index (χ1v) is 8.48. The zero-order chi connectivity index (χ0) is 16.7. The fraction of sp³-hybridized carbons (Fsp3) is 0.263. The van der Waals surface area contributed by atoms with Crippen LogP contribution in [0.25, 0.3) is 0 Å². The molecule has 0 aromatic heterocycles. The zero-order valence-electron chi connectivity index (χ0n) is 13.3. The number of ether oxygens (including phenoxy) is 1. The van der Waals surface area contributed by atoms with Crippen LogP contribution in [-0.2, 0) is 9.53 Å². The van der Waals surface area contributed by atoms with E-state index in [1.807, 2.05) is 61.5 Å². The predicted molar refractivity (Wildman–Crippen MR) is 93.8 cm³/mol. The minimum Gasteiger partial charge on any atom is -0.468 e. The quantitative estimate of drug-likeness (QED) is 0.564. The van der Waals surface area contributed by atoms with Crippen molar-refractivity contribution in [1.82, 2.24) is 0 Å². The molecule has 23 heavy (non-hydrogen) atoms. The second-order valence-electron chi connectivity index (χ2n) is 5.28. The molecular weight excluding hydrogens is 308 g/mol. The van der Waals surface area contributed by atoms with Gasteiger partial charge in [-0.05, 0) is 12.5 Å². The first-order valence-electron chi connectivity index (χ1n) is 7.43. The topological polar surface area (TPSA) is 43.4 Å². The maximum Gasteiger partial charge on any atom is 0.315 e. The summed E-state index contributed by atoms with van der Waals surface area (Å²) in [4.78, 5) is 23.9. The van der Waals surface area contributed by atoms with E-state index in [0.29, 0.717) is 12.0 Å². The molecule has 0 aliphatic rings. The van der Waals surface area contributed by atoms with Gasteiger partial charge in [-0.2, -0.15) is 0 Å². The molecule has 1 atom stereocenters. The SMILES string of the molecule is COC(=O)CS[C@@H](CC(=O)c1ccc(C)cc1)c1ccccc1. The van der Waals surface area contributed by atoms with Gasteiger partial charge in [-0.25, -0.2) is 0 Å². The van der Waals surface area contributed by atoms with Gasteiger partial charge in [-0.15, -0.1) is 11.8 Å². The average Bonchev–Trinajstić information content (AvgIpc) is 2.59. The van der Waals surface area contributed by atoms with Crippen LogP contribution in [0.5, 0.6) is 0 Å². The van der Waals surface area contributed by atoms with E-state index >= 15 is 0 Å².